The van der Waals surface area contributed by atoms with Gasteiger partial charge in [0, 0.05) is 6.42 Å². The maximum atomic E-state index is 12.6. The summed E-state index contributed by atoms with van der Waals surface area (Å²) >= 11 is 0. The molecular formula is C18H32N2O6. The van der Waals surface area contributed by atoms with Crippen LogP contribution in [-0.4, -0.2) is 64.8 Å². The highest BCUT2D eigenvalue weighted by Gasteiger charge is 2.54. The average Bonchev–Trinajstić information content (AvgIpc) is 3.30. The van der Waals surface area contributed by atoms with Crippen LogP contribution in [0.1, 0.15) is 47.5 Å². The second-order valence-electron chi connectivity index (χ2n) is 7.88. The van der Waals surface area contributed by atoms with E-state index in [1.807, 2.05) is 27.7 Å². The minimum absolute atomic E-state index is 0.110. The molecule has 8 heteroatoms. The van der Waals surface area contributed by atoms with Gasteiger partial charge >= 0.3 is 0 Å². The molecule has 3 unspecified atom stereocenters. The molecule has 1 saturated heterocycles. The summed E-state index contributed by atoms with van der Waals surface area (Å²) in [7, 11) is 0. The number of ketones is 1. The number of ether oxygens (including phenoxy) is 1. The molecule has 2 amide bonds. The lowest BCUT2D eigenvalue weighted by atomic mass is 9.92. The van der Waals surface area contributed by atoms with Crippen molar-refractivity contribution >= 4 is 17.6 Å². The monoisotopic (exact) mass is 372 g/mol. The van der Waals surface area contributed by atoms with E-state index in [0.717, 1.165) is 0 Å². The van der Waals surface area contributed by atoms with Crippen molar-refractivity contribution in [3.63, 3.8) is 0 Å². The predicted molar refractivity (Wildman–Crippen MR) is 95.2 cm³/mol. The Balaban J connectivity index is 2.84. The Morgan fingerprint density at radius 1 is 1.08 bits per heavy atom. The Morgan fingerprint density at radius 3 is 2.04 bits per heavy atom. The van der Waals surface area contributed by atoms with E-state index in [2.05, 4.69) is 10.6 Å². The van der Waals surface area contributed by atoms with Crippen molar-refractivity contribution in [3.05, 3.63) is 0 Å². The number of hydrogen-bond acceptors (Lipinski definition) is 6. The molecule has 1 fully saturated rings. The summed E-state index contributed by atoms with van der Waals surface area (Å²) in [6.07, 6.45) is -0.529. The first-order valence-electron chi connectivity index (χ1n) is 9.09. The number of Topliss-reactive ketones (excluding diaryl/α,β-unsaturated/α-hetero) is 1. The summed E-state index contributed by atoms with van der Waals surface area (Å²) in [5, 5.41) is 24.4. The first kappa shape index (κ1) is 22.5. The second kappa shape index (κ2) is 9.43. The molecule has 1 aliphatic heterocycles. The zero-order chi connectivity index (χ0) is 20.1. The van der Waals surface area contributed by atoms with Gasteiger partial charge in [0.15, 0.2) is 11.4 Å². The van der Waals surface area contributed by atoms with Crippen LogP contribution in [0.4, 0.5) is 0 Å². The van der Waals surface area contributed by atoms with Gasteiger partial charge in [0.1, 0.15) is 6.04 Å². The third-order valence-corrected chi connectivity index (χ3v) is 4.21. The van der Waals surface area contributed by atoms with E-state index >= 15 is 0 Å². The number of carbonyl (C=O) groups is 3. The Hall–Kier alpha value is -1.51. The van der Waals surface area contributed by atoms with Gasteiger partial charge in [-0.3, -0.25) is 14.4 Å². The van der Waals surface area contributed by atoms with E-state index < -0.39 is 36.3 Å². The van der Waals surface area contributed by atoms with E-state index in [-0.39, 0.29) is 36.6 Å². The highest BCUT2D eigenvalue weighted by atomic mass is 16.6. The van der Waals surface area contributed by atoms with Crippen LogP contribution in [0, 0.1) is 11.8 Å². The first-order chi connectivity index (χ1) is 12.0. The lowest BCUT2D eigenvalue weighted by molar-refractivity contribution is -0.136. The molecule has 26 heavy (non-hydrogen) atoms. The van der Waals surface area contributed by atoms with Gasteiger partial charge in [-0.15, -0.1) is 0 Å². The molecule has 0 radical (unpaired) electrons. The van der Waals surface area contributed by atoms with Crippen LogP contribution in [0.5, 0.6) is 0 Å². The highest BCUT2D eigenvalue weighted by molar-refractivity contribution is 5.98. The summed E-state index contributed by atoms with van der Waals surface area (Å²) in [4.78, 5) is 37.2. The van der Waals surface area contributed by atoms with Crippen LogP contribution >= 0.6 is 0 Å². The van der Waals surface area contributed by atoms with Crippen LogP contribution in [0.25, 0.3) is 0 Å². The van der Waals surface area contributed by atoms with E-state index in [1.54, 1.807) is 0 Å². The van der Waals surface area contributed by atoms with E-state index in [4.69, 9.17) is 4.74 Å². The number of epoxide rings is 1. The topological polar surface area (TPSA) is 128 Å². The van der Waals surface area contributed by atoms with Crippen LogP contribution in [0.2, 0.25) is 0 Å². The molecular weight excluding hydrogens is 340 g/mol. The van der Waals surface area contributed by atoms with Gasteiger partial charge in [0.25, 0.3) is 0 Å². The van der Waals surface area contributed by atoms with Crippen LogP contribution < -0.4 is 10.6 Å². The van der Waals surface area contributed by atoms with E-state index in [1.165, 1.54) is 6.92 Å². The number of nitrogens with one attached hydrogen (secondary N) is 2. The number of hydrogen-bond donors (Lipinski definition) is 4. The fourth-order valence-electron chi connectivity index (χ4n) is 2.69. The summed E-state index contributed by atoms with van der Waals surface area (Å²) in [5.41, 5.74) is -1.24. The summed E-state index contributed by atoms with van der Waals surface area (Å²) < 4.78 is 5.10. The fourth-order valence-corrected chi connectivity index (χ4v) is 2.69. The van der Waals surface area contributed by atoms with Gasteiger partial charge < -0.3 is 25.6 Å². The molecule has 0 aromatic heterocycles. The quantitative estimate of drug-likeness (QED) is 0.371. The molecule has 0 spiro atoms. The molecule has 1 aliphatic rings. The van der Waals surface area contributed by atoms with Gasteiger partial charge in [-0.05, 0) is 25.2 Å². The highest BCUT2D eigenvalue weighted by Crippen LogP contribution is 2.30. The Labute approximate surface area is 154 Å². The van der Waals surface area contributed by atoms with E-state index in [9.17, 15) is 24.6 Å². The van der Waals surface area contributed by atoms with Crippen molar-refractivity contribution in [3.8, 4) is 0 Å². The number of carbonyl (C=O) groups excluding carboxylic acids is 3. The van der Waals surface area contributed by atoms with E-state index in [0.29, 0.717) is 6.42 Å². The van der Waals surface area contributed by atoms with Crippen molar-refractivity contribution in [2.75, 3.05) is 13.2 Å². The zero-order valence-corrected chi connectivity index (χ0v) is 16.2. The maximum absolute atomic E-state index is 12.6. The number of aliphatic hydroxyl groups is 2. The molecule has 0 aliphatic carbocycles. The molecule has 1 heterocycles. The maximum Gasteiger partial charge on any atom is 0.245 e. The van der Waals surface area contributed by atoms with Gasteiger partial charge in [-0.25, -0.2) is 0 Å². The molecule has 4 N–H and O–H groups in total. The third-order valence-electron chi connectivity index (χ3n) is 4.21. The second-order valence-corrected chi connectivity index (χ2v) is 7.88. The average molecular weight is 372 g/mol. The van der Waals surface area contributed by atoms with Crippen molar-refractivity contribution in [2.45, 2.75) is 71.2 Å². The molecule has 8 nitrogen and oxygen atoms in total. The number of aliphatic hydroxyl groups excluding tert-OH is 2. The molecule has 0 aromatic rings. The Bertz CT molecular complexity index is 514. The number of amides is 2. The lowest BCUT2D eigenvalue weighted by Crippen LogP contribution is -2.57. The normalized spacial score (nSPS) is 22.7. The molecule has 0 aromatic carbocycles. The molecule has 1 rings (SSSR count). The van der Waals surface area contributed by atoms with Crippen molar-refractivity contribution in [2.24, 2.45) is 11.8 Å². The van der Waals surface area contributed by atoms with Crippen molar-refractivity contribution in [1.29, 1.82) is 0 Å². The molecule has 150 valence electrons. The smallest absolute Gasteiger partial charge is 0.245 e. The number of rotatable bonds is 11. The molecule has 4 atom stereocenters. The summed E-state index contributed by atoms with van der Waals surface area (Å²) in [6.45, 7) is 8.64. The van der Waals surface area contributed by atoms with Crippen LogP contribution in [-0.2, 0) is 19.1 Å². The van der Waals surface area contributed by atoms with Crippen LogP contribution in [0.15, 0.2) is 0 Å². The Morgan fingerprint density at radius 2 is 1.65 bits per heavy atom. The summed E-state index contributed by atoms with van der Waals surface area (Å²) in [5.74, 6) is -1.14. The SMILES string of the molecule is CC(C)CC(=O)N[C@H](C(=O)NC(CC(C)C)C(=O)C1(CO)CO1)C(C)O. The largest absolute Gasteiger partial charge is 0.393 e. The van der Waals surface area contributed by atoms with Gasteiger partial charge in [-0.1, -0.05) is 27.7 Å². The fraction of sp³-hybridized carbons (Fsp3) is 0.833. The molecule has 0 saturated carbocycles. The lowest BCUT2D eigenvalue weighted by Gasteiger charge is -2.26. The van der Waals surface area contributed by atoms with Gasteiger partial charge in [0.05, 0.1) is 25.4 Å². The minimum atomic E-state index is -1.24. The summed E-state index contributed by atoms with van der Waals surface area (Å²) in [6, 6.07) is -2.02. The predicted octanol–water partition coefficient (Wildman–Crippen LogP) is -0.241. The third kappa shape index (κ3) is 6.34. The van der Waals surface area contributed by atoms with Crippen LogP contribution in [0.3, 0.4) is 0 Å². The zero-order valence-electron chi connectivity index (χ0n) is 16.2. The van der Waals surface area contributed by atoms with Crippen molar-refractivity contribution in [1.82, 2.24) is 10.6 Å². The minimum Gasteiger partial charge on any atom is -0.393 e. The Kier molecular flexibility index (Phi) is 8.17. The standard InChI is InChI=1S/C18H32N2O6/c1-10(2)6-13(16(24)18(8-21)9-26-18)19-17(25)15(12(5)22)20-14(23)7-11(3)4/h10-13,15,21-22H,6-9H2,1-5H3,(H,19,25)(H,20,23)/t12?,13?,15-,18?/m0/s1. The molecule has 0 bridgehead atoms. The first-order valence-corrected chi connectivity index (χ1v) is 9.09. The van der Waals surface area contributed by atoms with Gasteiger partial charge in [-0.2, -0.15) is 0 Å². The van der Waals surface area contributed by atoms with Gasteiger partial charge in [0.2, 0.25) is 11.8 Å². The van der Waals surface area contributed by atoms with Crippen molar-refractivity contribution < 1.29 is 29.3 Å².